The molecule has 0 fully saturated rings. The SMILES string of the molecule is Cc1cc2c(cc1C)C1(NC(=O)c3cccnc3)C(=O)c3ccccc3C1(O)O2. The number of aliphatic hydroxyl groups is 1. The van der Waals surface area contributed by atoms with Crippen LogP contribution in [0.2, 0.25) is 0 Å². The highest BCUT2D eigenvalue weighted by Crippen LogP contribution is 2.58. The molecule has 2 N–H and O–H groups in total. The maximum Gasteiger partial charge on any atom is 0.271 e. The number of Topliss-reactive ketones (excluding diaryl/α,β-unsaturated/α-hetero) is 1. The molecular formula is C23H18N2O4. The van der Waals surface area contributed by atoms with Crippen LogP contribution in [-0.2, 0) is 11.3 Å². The minimum atomic E-state index is -2.04. The fourth-order valence-electron chi connectivity index (χ4n) is 4.25. The first-order valence-electron chi connectivity index (χ1n) is 9.28. The van der Waals surface area contributed by atoms with Crippen molar-refractivity contribution in [1.29, 1.82) is 0 Å². The second kappa shape index (κ2) is 5.75. The molecule has 2 unspecified atom stereocenters. The highest BCUT2D eigenvalue weighted by molar-refractivity contribution is 6.13. The van der Waals surface area contributed by atoms with E-state index in [0.29, 0.717) is 22.4 Å². The summed E-state index contributed by atoms with van der Waals surface area (Å²) in [5, 5.41) is 14.5. The Bertz CT molecular complexity index is 1190. The van der Waals surface area contributed by atoms with E-state index >= 15 is 0 Å². The minimum absolute atomic E-state index is 0.283. The highest BCUT2D eigenvalue weighted by Gasteiger charge is 2.71. The largest absolute Gasteiger partial charge is 0.454 e. The molecule has 0 saturated heterocycles. The Labute approximate surface area is 167 Å². The van der Waals surface area contributed by atoms with Gasteiger partial charge >= 0.3 is 0 Å². The number of pyridine rings is 1. The predicted octanol–water partition coefficient (Wildman–Crippen LogP) is 2.76. The van der Waals surface area contributed by atoms with E-state index in [4.69, 9.17) is 4.74 Å². The molecule has 144 valence electrons. The molecule has 29 heavy (non-hydrogen) atoms. The van der Waals surface area contributed by atoms with Crippen molar-refractivity contribution in [2.45, 2.75) is 25.2 Å². The molecule has 2 atom stereocenters. The third-order valence-electron chi connectivity index (χ3n) is 5.87. The fraction of sp³-hybridized carbons (Fsp3) is 0.174. The Morgan fingerprint density at radius 3 is 2.59 bits per heavy atom. The van der Waals surface area contributed by atoms with E-state index in [9.17, 15) is 14.7 Å². The molecule has 1 aromatic heterocycles. The monoisotopic (exact) mass is 386 g/mol. The Morgan fingerprint density at radius 2 is 1.83 bits per heavy atom. The van der Waals surface area contributed by atoms with Crippen molar-refractivity contribution in [2.24, 2.45) is 0 Å². The minimum Gasteiger partial charge on any atom is -0.454 e. The number of hydrogen-bond donors (Lipinski definition) is 2. The van der Waals surface area contributed by atoms with E-state index in [1.54, 1.807) is 54.7 Å². The van der Waals surface area contributed by atoms with E-state index in [0.717, 1.165) is 11.1 Å². The van der Waals surface area contributed by atoms with Crippen molar-refractivity contribution in [1.82, 2.24) is 10.3 Å². The summed E-state index contributed by atoms with van der Waals surface area (Å²) in [6.45, 7) is 3.84. The lowest BCUT2D eigenvalue weighted by molar-refractivity contribution is -0.169. The van der Waals surface area contributed by atoms with Gasteiger partial charge in [0.25, 0.3) is 11.7 Å². The van der Waals surface area contributed by atoms with Crippen LogP contribution in [0.15, 0.2) is 60.9 Å². The van der Waals surface area contributed by atoms with E-state index in [2.05, 4.69) is 10.3 Å². The van der Waals surface area contributed by atoms with Gasteiger partial charge in [-0.05, 0) is 49.2 Å². The van der Waals surface area contributed by atoms with Gasteiger partial charge in [-0.15, -0.1) is 0 Å². The fourth-order valence-corrected chi connectivity index (χ4v) is 4.25. The summed E-state index contributed by atoms with van der Waals surface area (Å²) >= 11 is 0. The number of aromatic nitrogens is 1. The van der Waals surface area contributed by atoms with Gasteiger partial charge in [0.2, 0.25) is 11.3 Å². The normalized spacial score (nSPS) is 23.8. The molecule has 6 heteroatoms. The van der Waals surface area contributed by atoms with E-state index in [-0.39, 0.29) is 5.56 Å². The third kappa shape index (κ3) is 2.12. The standard InChI is InChI=1S/C23H18N2O4/c1-13-10-18-19(11-14(13)2)29-23(28)17-8-4-3-7-16(17)20(26)22(18,23)25-21(27)15-6-5-9-24-12-15/h3-12,28H,1-2H3,(H,25,27). The molecular weight excluding hydrogens is 368 g/mol. The van der Waals surface area contributed by atoms with Crippen LogP contribution in [-0.4, -0.2) is 21.8 Å². The molecule has 0 spiro atoms. The van der Waals surface area contributed by atoms with Crippen molar-refractivity contribution >= 4 is 11.7 Å². The van der Waals surface area contributed by atoms with Crippen LogP contribution >= 0.6 is 0 Å². The van der Waals surface area contributed by atoms with Crippen LogP contribution < -0.4 is 10.1 Å². The topological polar surface area (TPSA) is 88.5 Å². The maximum absolute atomic E-state index is 13.7. The lowest BCUT2D eigenvalue weighted by Crippen LogP contribution is -2.60. The van der Waals surface area contributed by atoms with Gasteiger partial charge in [-0.3, -0.25) is 14.6 Å². The van der Waals surface area contributed by atoms with Crippen LogP contribution in [0.25, 0.3) is 0 Å². The third-order valence-corrected chi connectivity index (χ3v) is 5.87. The quantitative estimate of drug-likeness (QED) is 0.707. The zero-order chi connectivity index (χ0) is 20.4. The summed E-state index contributed by atoms with van der Waals surface area (Å²) in [6.07, 6.45) is 2.97. The summed E-state index contributed by atoms with van der Waals surface area (Å²) < 4.78 is 6.00. The molecule has 6 nitrogen and oxygen atoms in total. The Morgan fingerprint density at radius 1 is 1.07 bits per heavy atom. The summed E-state index contributed by atoms with van der Waals surface area (Å²) in [5.41, 5.74) is 1.49. The van der Waals surface area contributed by atoms with Gasteiger partial charge in [-0.2, -0.15) is 0 Å². The number of carbonyl (C=O) groups is 2. The summed E-state index contributed by atoms with van der Waals surface area (Å²) in [5.74, 6) is -2.59. The van der Waals surface area contributed by atoms with Gasteiger partial charge in [-0.25, -0.2) is 0 Å². The molecule has 3 aromatic rings. The van der Waals surface area contributed by atoms with Crippen molar-refractivity contribution in [3.8, 4) is 5.75 Å². The number of ketones is 1. The number of aryl methyl sites for hydroxylation is 2. The number of amides is 1. The van der Waals surface area contributed by atoms with E-state index in [1.165, 1.54) is 6.20 Å². The smallest absolute Gasteiger partial charge is 0.271 e. The average molecular weight is 386 g/mol. The van der Waals surface area contributed by atoms with E-state index < -0.39 is 23.0 Å². The van der Waals surface area contributed by atoms with Crippen LogP contribution in [0.5, 0.6) is 5.75 Å². The first kappa shape index (κ1) is 17.6. The van der Waals surface area contributed by atoms with Crippen molar-refractivity contribution in [3.63, 3.8) is 0 Å². The second-order valence-corrected chi connectivity index (χ2v) is 7.50. The Balaban J connectivity index is 1.76. The molecule has 1 amide bonds. The van der Waals surface area contributed by atoms with Gasteiger partial charge in [-0.1, -0.05) is 24.3 Å². The molecule has 0 radical (unpaired) electrons. The number of rotatable bonds is 2. The van der Waals surface area contributed by atoms with Crippen molar-refractivity contribution < 1.29 is 19.4 Å². The molecule has 0 bridgehead atoms. The maximum atomic E-state index is 13.7. The summed E-state index contributed by atoms with van der Waals surface area (Å²) in [7, 11) is 0. The van der Waals surface area contributed by atoms with Crippen LogP contribution in [0.4, 0.5) is 0 Å². The van der Waals surface area contributed by atoms with Gasteiger partial charge in [0.15, 0.2) is 0 Å². The molecule has 2 aromatic carbocycles. The zero-order valence-corrected chi connectivity index (χ0v) is 15.9. The second-order valence-electron chi connectivity index (χ2n) is 7.50. The molecule has 2 aliphatic rings. The van der Waals surface area contributed by atoms with Crippen LogP contribution in [0.3, 0.4) is 0 Å². The van der Waals surface area contributed by atoms with Crippen LogP contribution in [0.1, 0.15) is 43.0 Å². The molecule has 0 saturated carbocycles. The lowest BCUT2D eigenvalue weighted by Gasteiger charge is -2.34. The van der Waals surface area contributed by atoms with Gasteiger partial charge in [0.05, 0.1) is 5.56 Å². The Kier molecular flexibility index (Phi) is 3.48. The number of ether oxygens (including phenoxy) is 1. The number of benzene rings is 2. The molecule has 1 aliphatic heterocycles. The number of hydrogen-bond acceptors (Lipinski definition) is 5. The van der Waals surface area contributed by atoms with Crippen molar-refractivity contribution in [3.05, 3.63) is 94.3 Å². The molecule has 5 rings (SSSR count). The first-order chi connectivity index (χ1) is 13.9. The Hall–Kier alpha value is -3.51. The molecule has 1 aliphatic carbocycles. The number of fused-ring (bicyclic) bond motifs is 5. The van der Waals surface area contributed by atoms with Gasteiger partial charge in [0.1, 0.15) is 5.75 Å². The molecule has 2 heterocycles. The summed E-state index contributed by atoms with van der Waals surface area (Å²) in [6, 6.07) is 13.6. The lowest BCUT2D eigenvalue weighted by atomic mass is 9.81. The number of nitrogens with one attached hydrogen (secondary N) is 1. The van der Waals surface area contributed by atoms with Gasteiger partial charge < -0.3 is 15.2 Å². The van der Waals surface area contributed by atoms with Crippen LogP contribution in [0, 0.1) is 13.8 Å². The highest BCUT2D eigenvalue weighted by atomic mass is 16.6. The van der Waals surface area contributed by atoms with Crippen molar-refractivity contribution in [2.75, 3.05) is 0 Å². The summed E-state index contributed by atoms with van der Waals surface area (Å²) in [4.78, 5) is 30.7. The number of nitrogens with zero attached hydrogens (tertiary/aromatic N) is 1. The van der Waals surface area contributed by atoms with E-state index in [1.807, 2.05) is 13.8 Å². The predicted molar refractivity (Wildman–Crippen MR) is 105 cm³/mol. The number of carbonyl (C=O) groups excluding carboxylic acids is 2. The average Bonchev–Trinajstić information content (AvgIpc) is 3.07. The zero-order valence-electron chi connectivity index (χ0n) is 15.9. The van der Waals surface area contributed by atoms with Gasteiger partial charge in [0, 0.05) is 29.1 Å². The first-order valence-corrected chi connectivity index (χ1v) is 9.28.